The van der Waals surface area contributed by atoms with Crippen LogP contribution in [0.5, 0.6) is 0 Å². The zero-order chi connectivity index (χ0) is 19.9. The molecule has 144 valence electrons. The molecule has 0 unspecified atom stereocenters. The number of hydrogen-bond donors (Lipinski definition) is 2. The fraction of sp³-hybridized carbons (Fsp3) is 0.550. The van der Waals surface area contributed by atoms with Crippen LogP contribution in [-0.4, -0.2) is 37.5 Å². The number of carbonyl (C=O) groups is 3. The van der Waals surface area contributed by atoms with Gasteiger partial charge in [-0.1, -0.05) is 46.8 Å². The maximum atomic E-state index is 12.2. The van der Waals surface area contributed by atoms with Gasteiger partial charge in [0.15, 0.2) is 0 Å². The summed E-state index contributed by atoms with van der Waals surface area (Å²) < 4.78 is 4.69. The van der Waals surface area contributed by atoms with Crippen molar-refractivity contribution in [2.75, 3.05) is 13.7 Å². The molecule has 0 aliphatic rings. The van der Waals surface area contributed by atoms with Crippen molar-refractivity contribution in [3.05, 3.63) is 35.4 Å². The predicted molar refractivity (Wildman–Crippen MR) is 101 cm³/mol. The summed E-state index contributed by atoms with van der Waals surface area (Å²) in [6, 6.07) is 6.74. The van der Waals surface area contributed by atoms with E-state index in [2.05, 4.69) is 36.1 Å². The number of amides is 2. The van der Waals surface area contributed by atoms with Gasteiger partial charge in [-0.2, -0.15) is 0 Å². The first-order valence-electron chi connectivity index (χ1n) is 8.82. The third-order valence-corrected chi connectivity index (χ3v) is 4.09. The molecule has 26 heavy (non-hydrogen) atoms. The number of nitrogens with one attached hydrogen (secondary N) is 2. The number of rotatable bonds is 7. The van der Waals surface area contributed by atoms with Crippen LogP contribution in [0.15, 0.2) is 24.3 Å². The first-order chi connectivity index (χ1) is 12.1. The Labute approximate surface area is 155 Å². The van der Waals surface area contributed by atoms with Crippen LogP contribution in [0.4, 0.5) is 0 Å². The number of methoxy groups -OCH3 is 1. The summed E-state index contributed by atoms with van der Waals surface area (Å²) in [5.41, 5.74) is 1.73. The van der Waals surface area contributed by atoms with E-state index >= 15 is 0 Å². The molecule has 1 aromatic rings. The Morgan fingerprint density at radius 3 is 2.12 bits per heavy atom. The highest BCUT2D eigenvalue weighted by Crippen LogP contribution is 2.22. The molecule has 2 N–H and O–H groups in total. The summed E-state index contributed by atoms with van der Waals surface area (Å²) in [6.07, 6.45) is 0.0893. The van der Waals surface area contributed by atoms with E-state index in [1.807, 2.05) is 26.0 Å². The van der Waals surface area contributed by atoms with Gasteiger partial charge in [-0.25, -0.2) is 4.79 Å². The van der Waals surface area contributed by atoms with Gasteiger partial charge in [-0.15, -0.1) is 0 Å². The monoisotopic (exact) mass is 362 g/mol. The van der Waals surface area contributed by atoms with Crippen molar-refractivity contribution in [2.45, 2.75) is 52.5 Å². The summed E-state index contributed by atoms with van der Waals surface area (Å²) in [4.78, 5) is 35.8. The second kappa shape index (κ2) is 9.36. The molecule has 6 nitrogen and oxygen atoms in total. The lowest BCUT2D eigenvalue weighted by Gasteiger charge is -2.20. The van der Waals surface area contributed by atoms with Crippen molar-refractivity contribution in [1.29, 1.82) is 0 Å². The van der Waals surface area contributed by atoms with Gasteiger partial charge in [0.05, 0.1) is 7.11 Å². The predicted octanol–water partition coefficient (Wildman–Crippen LogP) is 2.42. The standard InChI is InChI=1S/C20H30N2O4/c1-13(2)17(19(25)26-6)22-16(23)11-12-21-18(24)14-7-9-15(10-8-14)20(3,4)5/h7-10,13,17H,11-12H2,1-6H3,(H,21,24)(H,22,23)/t17-/m0/s1. The second-order valence-electron chi connectivity index (χ2n) is 7.65. The Kier molecular flexibility index (Phi) is 7.80. The van der Waals surface area contributed by atoms with Crippen LogP contribution in [0.1, 0.15) is 57.0 Å². The minimum Gasteiger partial charge on any atom is -0.467 e. The number of ether oxygens (including phenoxy) is 1. The van der Waals surface area contributed by atoms with Crippen LogP contribution in [0.25, 0.3) is 0 Å². The van der Waals surface area contributed by atoms with Gasteiger partial charge in [-0.05, 0) is 29.0 Å². The summed E-state index contributed by atoms with van der Waals surface area (Å²) >= 11 is 0. The molecule has 0 saturated carbocycles. The molecule has 0 aromatic heterocycles. The van der Waals surface area contributed by atoms with Gasteiger partial charge < -0.3 is 15.4 Å². The number of esters is 1. The molecule has 0 radical (unpaired) electrons. The largest absolute Gasteiger partial charge is 0.467 e. The fourth-order valence-corrected chi connectivity index (χ4v) is 2.38. The van der Waals surface area contributed by atoms with Gasteiger partial charge in [0.25, 0.3) is 5.91 Å². The van der Waals surface area contributed by atoms with Crippen LogP contribution >= 0.6 is 0 Å². The molecule has 0 fully saturated rings. The first-order valence-corrected chi connectivity index (χ1v) is 8.82. The van der Waals surface area contributed by atoms with Gasteiger partial charge >= 0.3 is 5.97 Å². The Bertz CT molecular complexity index is 630. The zero-order valence-corrected chi connectivity index (χ0v) is 16.5. The van der Waals surface area contributed by atoms with E-state index in [4.69, 9.17) is 0 Å². The minimum atomic E-state index is -0.687. The lowest BCUT2D eigenvalue weighted by molar-refractivity contribution is -0.146. The highest BCUT2D eigenvalue weighted by Gasteiger charge is 2.24. The Morgan fingerprint density at radius 1 is 1.08 bits per heavy atom. The second-order valence-corrected chi connectivity index (χ2v) is 7.65. The topological polar surface area (TPSA) is 84.5 Å². The lowest BCUT2D eigenvalue weighted by atomic mass is 9.87. The van der Waals surface area contributed by atoms with E-state index in [9.17, 15) is 14.4 Å². The molecule has 2 amide bonds. The van der Waals surface area contributed by atoms with Crippen LogP contribution in [0, 0.1) is 5.92 Å². The molecule has 0 aliphatic carbocycles. The average molecular weight is 362 g/mol. The maximum absolute atomic E-state index is 12.2. The third kappa shape index (κ3) is 6.50. The van der Waals surface area contributed by atoms with Crippen molar-refractivity contribution >= 4 is 17.8 Å². The van der Waals surface area contributed by atoms with Gasteiger partial charge in [0, 0.05) is 18.5 Å². The lowest BCUT2D eigenvalue weighted by Crippen LogP contribution is -2.45. The molecular formula is C20H30N2O4. The maximum Gasteiger partial charge on any atom is 0.328 e. The Balaban J connectivity index is 2.50. The highest BCUT2D eigenvalue weighted by molar-refractivity contribution is 5.94. The fourth-order valence-electron chi connectivity index (χ4n) is 2.38. The summed E-state index contributed by atoms with van der Waals surface area (Å²) in [6.45, 7) is 10.2. The summed E-state index contributed by atoms with van der Waals surface area (Å²) in [7, 11) is 1.29. The molecule has 1 rings (SSSR count). The van der Waals surface area contributed by atoms with Crippen molar-refractivity contribution < 1.29 is 19.1 Å². The van der Waals surface area contributed by atoms with Crippen LogP contribution < -0.4 is 10.6 Å². The third-order valence-electron chi connectivity index (χ3n) is 4.09. The highest BCUT2D eigenvalue weighted by atomic mass is 16.5. The summed E-state index contributed by atoms with van der Waals surface area (Å²) in [5.74, 6) is -1.09. The van der Waals surface area contributed by atoms with Crippen molar-refractivity contribution in [1.82, 2.24) is 10.6 Å². The van der Waals surface area contributed by atoms with Crippen LogP contribution in [0.2, 0.25) is 0 Å². The van der Waals surface area contributed by atoms with Gasteiger partial charge in [0.1, 0.15) is 6.04 Å². The van der Waals surface area contributed by atoms with Crippen molar-refractivity contribution in [3.63, 3.8) is 0 Å². The van der Waals surface area contributed by atoms with Crippen LogP contribution in [-0.2, 0) is 19.7 Å². The normalized spacial score (nSPS) is 12.4. The van der Waals surface area contributed by atoms with E-state index in [0.29, 0.717) is 5.56 Å². The van der Waals surface area contributed by atoms with E-state index in [-0.39, 0.29) is 36.1 Å². The SMILES string of the molecule is COC(=O)[C@@H](NC(=O)CCNC(=O)c1ccc(C(C)(C)C)cc1)C(C)C. The van der Waals surface area contributed by atoms with Gasteiger partial charge in [0.2, 0.25) is 5.91 Å². The van der Waals surface area contributed by atoms with E-state index in [1.165, 1.54) is 7.11 Å². The molecular weight excluding hydrogens is 332 g/mol. The number of benzene rings is 1. The van der Waals surface area contributed by atoms with Crippen LogP contribution in [0.3, 0.4) is 0 Å². The molecule has 0 spiro atoms. The van der Waals surface area contributed by atoms with E-state index < -0.39 is 12.0 Å². The molecule has 6 heteroatoms. The zero-order valence-electron chi connectivity index (χ0n) is 16.5. The van der Waals surface area contributed by atoms with E-state index in [0.717, 1.165) is 5.56 Å². The number of hydrogen-bond acceptors (Lipinski definition) is 4. The molecule has 1 aromatic carbocycles. The number of carbonyl (C=O) groups excluding carboxylic acids is 3. The summed E-state index contributed by atoms with van der Waals surface area (Å²) in [5, 5.41) is 5.36. The smallest absolute Gasteiger partial charge is 0.328 e. The molecule has 0 heterocycles. The molecule has 0 bridgehead atoms. The molecule has 1 atom stereocenters. The van der Waals surface area contributed by atoms with Gasteiger partial charge in [-0.3, -0.25) is 9.59 Å². The molecule has 0 aliphatic heterocycles. The quantitative estimate of drug-likeness (QED) is 0.730. The van der Waals surface area contributed by atoms with E-state index in [1.54, 1.807) is 12.1 Å². The minimum absolute atomic E-state index is 0.0275. The first kappa shape index (κ1) is 21.7. The van der Waals surface area contributed by atoms with Crippen molar-refractivity contribution in [3.8, 4) is 0 Å². The average Bonchev–Trinajstić information content (AvgIpc) is 2.58. The molecule has 0 saturated heterocycles. The Morgan fingerprint density at radius 2 is 1.65 bits per heavy atom. The van der Waals surface area contributed by atoms with Crippen molar-refractivity contribution in [2.24, 2.45) is 5.92 Å². The Hall–Kier alpha value is -2.37.